The summed E-state index contributed by atoms with van der Waals surface area (Å²) in [4.78, 5) is 14.6. The van der Waals surface area contributed by atoms with Gasteiger partial charge in [-0.05, 0) is 31.6 Å². The van der Waals surface area contributed by atoms with Gasteiger partial charge < -0.3 is 16.4 Å². The van der Waals surface area contributed by atoms with Crippen molar-refractivity contribution in [1.29, 1.82) is 0 Å². The molecule has 0 aromatic carbocycles. The first-order valence-corrected chi connectivity index (χ1v) is 6.19. The second kappa shape index (κ2) is 7.09. The Morgan fingerprint density at radius 1 is 1.35 bits per heavy atom. The molecule has 8 heteroatoms. The van der Waals surface area contributed by atoms with Crippen molar-refractivity contribution in [3.8, 4) is 0 Å². The fourth-order valence-electron chi connectivity index (χ4n) is 1.55. The average Bonchev–Trinajstić information content (AvgIpc) is 2.37. The molecule has 0 radical (unpaired) electrons. The molecular weight excluding hydrogens is 273 g/mol. The SMILES string of the molecule is CCNCCCNc1nc(C(F)(F)F)ccc1C(N)=O. The van der Waals surface area contributed by atoms with E-state index in [0.717, 1.165) is 18.7 Å². The number of amides is 1. The number of nitrogens with one attached hydrogen (secondary N) is 2. The molecule has 0 aliphatic rings. The van der Waals surface area contributed by atoms with E-state index in [2.05, 4.69) is 15.6 Å². The third-order valence-corrected chi connectivity index (χ3v) is 2.52. The van der Waals surface area contributed by atoms with Crippen LogP contribution in [0.1, 0.15) is 29.4 Å². The maximum Gasteiger partial charge on any atom is 0.433 e. The summed E-state index contributed by atoms with van der Waals surface area (Å²) >= 11 is 0. The number of anilines is 1. The molecule has 1 rings (SSSR count). The largest absolute Gasteiger partial charge is 0.433 e. The highest BCUT2D eigenvalue weighted by atomic mass is 19.4. The minimum atomic E-state index is -4.56. The number of nitrogens with zero attached hydrogens (tertiary/aromatic N) is 1. The lowest BCUT2D eigenvalue weighted by Gasteiger charge is -2.12. The van der Waals surface area contributed by atoms with E-state index in [9.17, 15) is 18.0 Å². The molecule has 1 aromatic heterocycles. The topological polar surface area (TPSA) is 80.0 Å². The maximum absolute atomic E-state index is 12.6. The number of carbonyl (C=O) groups is 1. The van der Waals surface area contributed by atoms with Crippen molar-refractivity contribution in [1.82, 2.24) is 10.3 Å². The fourth-order valence-corrected chi connectivity index (χ4v) is 1.55. The number of alkyl halides is 3. The molecule has 0 aliphatic heterocycles. The molecule has 5 nitrogen and oxygen atoms in total. The van der Waals surface area contributed by atoms with Gasteiger partial charge in [-0.25, -0.2) is 4.98 Å². The van der Waals surface area contributed by atoms with Gasteiger partial charge in [-0.15, -0.1) is 0 Å². The lowest BCUT2D eigenvalue weighted by molar-refractivity contribution is -0.141. The van der Waals surface area contributed by atoms with Gasteiger partial charge >= 0.3 is 6.18 Å². The lowest BCUT2D eigenvalue weighted by atomic mass is 10.2. The minimum Gasteiger partial charge on any atom is -0.369 e. The predicted molar refractivity (Wildman–Crippen MR) is 69.4 cm³/mol. The summed E-state index contributed by atoms with van der Waals surface area (Å²) in [5, 5.41) is 5.79. The Morgan fingerprint density at radius 3 is 2.60 bits per heavy atom. The van der Waals surface area contributed by atoms with E-state index in [1.165, 1.54) is 0 Å². The van der Waals surface area contributed by atoms with Crippen molar-refractivity contribution >= 4 is 11.7 Å². The van der Waals surface area contributed by atoms with Gasteiger partial charge in [0.05, 0.1) is 5.56 Å². The van der Waals surface area contributed by atoms with E-state index >= 15 is 0 Å². The number of rotatable bonds is 7. The Morgan fingerprint density at radius 2 is 2.05 bits per heavy atom. The van der Waals surface area contributed by atoms with Gasteiger partial charge in [0, 0.05) is 6.54 Å². The summed E-state index contributed by atoms with van der Waals surface area (Å²) in [6.07, 6.45) is -3.87. The molecule has 0 atom stereocenters. The Balaban J connectivity index is 2.81. The summed E-state index contributed by atoms with van der Waals surface area (Å²) in [6, 6.07) is 1.77. The van der Waals surface area contributed by atoms with Gasteiger partial charge in [-0.2, -0.15) is 13.2 Å². The number of hydrogen-bond donors (Lipinski definition) is 3. The van der Waals surface area contributed by atoms with E-state index in [0.29, 0.717) is 19.5 Å². The molecule has 1 amide bonds. The molecule has 4 N–H and O–H groups in total. The predicted octanol–water partition coefficient (Wildman–Crippen LogP) is 1.61. The number of halogens is 3. The van der Waals surface area contributed by atoms with E-state index in [4.69, 9.17) is 5.73 Å². The second-order valence-corrected chi connectivity index (χ2v) is 4.09. The van der Waals surface area contributed by atoms with Crippen LogP contribution < -0.4 is 16.4 Å². The summed E-state index contributed by atoms with van der Waals surface area (Å²) in [6.45, 7) is 3.87. The van der Waals surface area contributed by atoms with Crippen LogP contribution in [0.5, 0.6) is 0 Å². The highest BCUT2D eigenvalue weighted by Gasteiger charge is 2.33. The third-order valence-electron chi connectivity index (χ3n) is 2.52. The minimum absolute atomic E-state index is 0.0542. The molecule has 112 valence electrons. The van der Waals surface area contributed by atoms with Crippen molar-refractivity contribution in [3.63, 3.8) is 0 Å². The zero-order valence-corrected chi connectivity index (χ0v) is 11.0. The van der Waals surface area contributed by atoms with Crippen LogP contribution in [0, 0.1) is 0 Å². The van der Waals surface area contributed by atoms with Gasteiger partial charge in [0.1, 0.15) is 11.5 Å². The molecule has 0 spiro atoms. The van der Waals surface area contributed by atoms with E-state index < -0.39 is 17.8 Å². The van der Waals surface area contributed by atoms with Gasteiger partial charge in [0.25, 0.3) is 5.91 Å². The monoisotopic (exact) mass is 290 g/mol. The van der Waals surface area contributed by atoms with Gasteiger partial charge in [0.15, 0.2) is 0 Å². The van der Waals surface area contributed by atoms with Gasteiger partial charge in [0.2, 0.25) is 0 Å². The molecule has 0 aliphatic carbocycles. The van der Waals surface area contributed by atoms with Gasteiger partial charge in [-0.1, -0.05) is 6.92 Å². The standard InChI is InChI=1S/C12H17F3N4O/c1-2-17-6-3-7-18-11-8(10(16)20)4-5-9(19-11)12(13,14)15/h4-5,17H,2-3,6-7H2,1H3,(H2,16,20)(H,18,19). The molecule has 1 heterocycles. The fraction of sp³-hybridized carbons (Fsp3) is 0.500. The summed E-state index contributed by atoms with van der Waals surface area (Å²) in [5.41, 5.74) is 4.00. The van der Waals surface area contributed by atoms with Crippen molar-refractivity contribution in [2.75, 3.05) is 25.0 Å². The van der Waals surface area contributed by atoms with Gasteiger partial charge in [-0.3, -0.25) is 4.79 Å². The zero-order chi connectivity index (χ0) is 15.2. The number of carbonyl (C=O) groups excluding carboxylic acids is 1. The first kappa shape index (κ1) is 16.2. The summed E-state index contributed by atoms with van der Waals surface area (Å²) in [5.74, 6) is -0.954. The van der Waals surface area contributed by atoms with Crippen LogP contribution in [-0.2, 0) is 6.18 Å². The number of nitrogens with two attached hydrogens (primary N) is 1. The first-order valence-electron chi connectivity index (χ1n) is 6.19. The van der Waals surface area contributed by atoms with Crippen LogP contribution in [-0.4, -0.2) is 30.5 Å². The molecule has 0 fully saturated rings. The van der Waals surface area contributed by atoms with Crippen LogP contribution in [0.2, 0.25) is 0 Å². The smallest absolute Gasteiger partial charge is 0.369 e. The molecule has 1 aromatic rings. The van der Waals surface area contributed by atoms with E-state index in [1.807, 2.05) is 6.92 Å². The molecule has 0 saturated heterocycles. The lowest BCUT2D eigenvalue weighted by Crippen LogP contribution is -2.21. The number of aromatic nitrogens is 1. The molecule has 0 saturated carbocycles. The first-order chi connectivity index (χ1) is 9.36. The zero-order valence-electron chi connectivity index (χ0n) is 11.0. The summed E-state index contributed by atoms with van der Waals surface area (Å²) in [7, 11) is 0. The second-order valence-electron chi connectivity index (χ2n) is 4.09. The van der Waals surface area contributed by atoms with Crippen LogP contribution in [0.4, 0.5) is 19.0 Å². The Kier molecular flexibility index (Phi) is 5.75. The third kappa shape index (κ3) is 4.69. The molecule has 20 heavy (non-hydrogen) atoms. The summed E-state index contributed by atoms with van der Waals surface area (Å²) < 4.78 is 37.7. The Hall–Kier alpha value is -1.83. The Bertz CT molecular complexity index is 463. The van der Waals surface area contributed by atoms with Crippen molar-refractivity contribution in [3.05, 3.63) is 23.4 Å². The van der Waals surface area contributed by atoms with Crippen molar-refractivity contribution < 1.29 is 18.0 Å². The highest BCUT2D eigenvalue weighted by Crippen LogP contribution is 2.29. The van der Waals surface area contributed by atoms with Crippen LogP contribution in [0.15, 0.2) is 12.1 Å². The van der Waals surface area contributed by atoms with Crippen LogP contribution in [0.25, 0.3) is 0 Å². The van der Waals surface area contributed by atoms with E-state index in [-0.39, 0.29) is 11.4 Å². The van der Waals surface area contributed by atoms with Crippen LogP contribution in [0.3, 0.4) is 0 Å². The Labute approximate surface area is 114 Å². The molecule has 0 bridgehead atoms. The van der Waals surface area contributed by atoms with Crippen LogP contribution >= 0.6 is 0 Å². The number of primary amides is 1. The van der Waals surface area contributed by atoms with Crippen molar-refractivity contribution in [2.24, 2.45) is 5.73 Å². The average molecular weight is 290 g/mol. The molecular formula is C12H17F3N4O. The van der Waals surface area contributed by atoms with E-state index in [1.54, 1.807) is 0 Å². The quantitative estimate of drug-likeness (QED) is 0.667. The number of pyridine rings is 1. The highest BCUT2D eigenvalue weighted by molar-refractivity contribution is 5.97. The number of hydrogen-bond acceptors (Lipinski definition) is 4. The normalized spacial score (nSPS) is 11.4. The van der Waals surface area contributed by atoms with Crippen molar-refractivity contribution in [2.45, 2.75) is 19.5 Å². The maximum atomic E-state index is 12.6. The molecule has 0 unspecified atom stereocenters.